The largest absolute Gasteiger partial charge is 0.462 e. The molecule has 284 valence electrons. The Kier molecular flexibility index (Phi) is 14.4. The fraction of sp³-hybridized carbons (Fsp3) is 0.892. The van der Waals surface area contributed by atoms with E-state index in [0.29, 0.717) is 24.8 Å². The molecule has 0 aromatic heterocycles. The highest BCUT2D eigenvalue weighted by Crippen LogP contribution is 2.42. The summed E-state index contributed by atoms with van der Waals surface area (Å²) in [6.07, 6.45) is -7.02. The van der Waals surface area contributed by atoms with Crippen LogP contribution in [0.2, 0.25) is 0 Å². The molecule has 16 atom stereocenters. The molecule has 3 saturated heterocycles. The second-order valence-corrected chi connectivity index (χ2v) is 15.9. The summed E-state index contributed by atoms with van der Waals surface area (Å²) in [6, 6.07) is -0.314. The molecule has 3 aliphatic heterocycles. The van der Waals surface area contributed by atoms with Crippen LogP contribution in [0.25, 0.3) is 0 Å². The number of ketones is 1. The quantitative estimate of drug-likeness (QED) is 0.262. The van der Waals surface area contributed by atoms with E-state index in [0.717, 1.165) is 0 Å². The number of esters is 1. The lowest BCUT2D eigenvalue weighted by Crippen LogP contribution is -2.58. The molecule has 0 spiro atoms. The summed E-state index contributed by atoms with van der Waals surface area (Å²) >= 11 is 0. The van der Waals surface area contributed by atoms with E-state index < -0.39 is 95.7 Å². The zero-order valence-corrected chi connectivity index (χ0v) is 31.6. The van der Waals surface area contributed by atoms with Gasteiger partial charge < -0.3 is 43.9 Å². The molecule has 0 unspecified atom stereocenters. The highest BCUT2D eigenvalue weighted by atomic mass is 19.1. The second kappa shape index (κ2) is 16.9. The van der Waals surface area contributed by atoms with Gasteiger partial charge in [-0.15, -0.1) is 0 Å². The average Bonchev–Trinajstić information content (AvgIpc) is 3.02. The molecule has 0 aliphatic carbocycles. The van der Waals surface area contributed by atoms with Crippen LogP contribution in [-0.2, 0) is 33.3 Å². The third-order valence-electron chi connectivity index (χ3n) is 11.4. The number of aliphatic hydroxyl groups is 3. The molecule has 49 heavy (non-hydrogen) atoms. The normalized spacial score (nSPS) is 46.7. The number of halogens is 1. The molecule has 3 fully saturated rings. The third-order valence-corrected chi connectivity index (χ3v) is 11.4. The van der Waals surface area contributed by atoms with Crippen molar-refractivity contribution in [3.63, 3.8) is 0 Å². The van der Waals surface area contributed by atoms with Gasteiger partial charge in [-0.25, -0.2) is 4.39 Å². The maximum absolute atomic E-state index is 15.5. The summed E-state index contributed by atoms with van der Waals surface area (Å²) in [4.78, 5) is 29.2. The highest BCUT2D eigenvalue weighted by molar-refractivity contribution is 5.85. The molecule has 11 nitrogen and oxygen atoms in total. The van der Waals surface area contributed by atoms with Crippen molar-refractivity contribution in [1.82, 2.24) is 4.90 Å². The van der Waals surface area contributed by atoms with E-state index >= 15 is 4.39 Å². The van der Waals surface area contributed by atoms with E-state index in [1.807, 2.05) is 39.8 Å². The van der Waals surface area contributed by atoms with E-state index in [-0.39, 0.29) is 31.4 Å². The summed E-state index contributed by atoms with van der Waals surface area (Å²) in [5.41, 5.74) is -2.42. The molecule has 3 heterocycles. The highest BCUT2D eigenvalue weighted by Gasteiger charge is 2.50. The van der Waals surface area contributed by atoms with Gasteiger partial charge in [-0.3, -0.25) is 9.59 Å². The lowest BCUT2D eigenvalue weighted by atomic mass is 9.73. The van der Waals surface area contributed by atoms with E-state index in [1.54, 1.807) is 27.7 Å². The first-order valence-corrected chi connectivity index (χ1v) is 18.0. The zero-order chi connectivity index (χ0) is 37.2. The van der Waals surface area contributed by atoms with Crippen LogP contribution < -0.4 is 0 Å². The Morgan fingerprint density at radius 3 is 2.24 bits per heavy atom. The number of aliphatic hydroxyl groups excluding tert-OH is 2. The molecule has 3 aliphatic rings. The van der Waals surface area contributed by atoms with Crippen LogP contribution in [0.3, 0.4) is 0 Å². The monoisotopic (exact) mass is 701 g/mol. The van der Waals surface area contributed by atoms with E-state index in [2.05, 4.69) is 6.58 Å². The number of cyclic esters (lactones) is 1. The standard InChI is InChI=1S/C37H64FNO10/c1-13-29-19(2)14-27(38)30(40)20(3)17-36(8,44)33(49-35-31(41)28(39(10)11)15-21(4)46-35)22(5)26(23(6)34(43)48-29)16-25-18-37(9,45-12)32(42)24(7)47-25/h19-21,23-29,31-33,35,41-42,44H,5,13-18H2,1-4,6-12H3/t19-,20-,21-,23-,24+,25+,26+,27-,28+,29-,31-,32+,33-,35+,36-,37-/m1/s1. The second-order valence-electron chi connectivity index (χ2n) is 15.9. The number of carbonyl (C=O) groups excluding carboxylic acids is 2. The summed E-state index contributed by atoms with van der Waals surface area (Å²) in [5, 5.41) is 34.5. The van der Waals surface area contributed by atoms with Gasteiger partial charge in [-0.2, -0.15) is 0 Å². The number of methoxy groups -OCH3 is 1. The summed E-state index contributed by atoms with van der Waals surface area (Å²) in [6.45, 7) is 18.3. The number of ether oxygens (including phenoxy) is 5. The Morgan fingerprint density at radius 1 is 1.04 bits per heavy atom. The van der Waals surface area contributed by atoms with Crippen LogP contribution in [0.15, 0.2) is 12.2 Å². The molecular formula is C37H64FNO10. The zero-order valence-electron chi connectivity index (χ0n) is 31.6. The van der Waals surface area contributed by atoms with Crippen molar-refractivity contribution in [2.24, 2.45) is 23.7 Å². The number of likely N-dealkylation sites (N-methyl/N-ethyl adjacent to an activating group) is 1. The maximum atomic E-state index is 15.5. The minimum absolute atomic E-state index is 0.126. The van der Waals surface area contributed by atoms with Gasteiger partial charge in [0.05, 0.1) is 35.4 Å². The van der Waals surface area contributed by atoms with Crippen molar-refractivity contribution < 1.29 is 53.0 Å². The van der Waals surface area contributed by atoms with Crippen LogP contribution in [-0.4, -0.2) is 126 Å². The summed E-state index contributed by atoms with van der Waals surface area (Å²) in [5.74, 6) is -4.04. The van der Waals surface area contributed by atoms with Crippen molar-refractivity contribution in [2.75, 3.05) is 21.2 Å². The maximum Gasteiger partial charge on any atom is 0.309 e. The van der Waals surface area contributed by atoms with Gasteiger partial charge in [-0.1, -0.05) is 34.3 Å². The van der Waals surface area contributed by atoms with Crippen molar-refractivity contribution in [2.45, 2.75) is 166 Å². The Labute approximate surface area is 292 Å². The first kappa shape index (κ1) is 41.9. The first-order valence-electron chi connectivity index (χ1n) is 18.0. The number of hydrogen-bond acceptors (Lipinski definition) is 11. The van der Waals surface area contributed by atoms with Crippen LogP contribution in [0.4, 0.5) is 4.39 Å². The van der Waals surface area contributed by atoms with Gasteiger partial charge >= 0.3 is 5.97 Å². The fourth-order valence-electron chi connectivity index (χ4n) is 8.17. The Balaban J connectivity index is 2.14. The van der Waals surface area contributed by atoms with Crippen molar-refractivity contribution in [1.29, 1.82) is 0 Å². The third kappa shape index (κ3) is 9.68. The number of alkyl halides is 1. The van der Waals surface area contributed by atoms with Gasteiger partial charge in [-0.05, 0) is 91.3 Å². The SMILES string of the molecule is C=C1[C@@H](O[C@@H]2O[C@H](C)C[C@H](N(C)C)[C@H]2O)[C@](C)(O)C[C@@H](C)C(=O)[C@H](F)C[C@@H](C)[C@@H](CC)OC(=O)[C@H](C)[C@H]1C[C@H]1C[C@@](C)(OC)[C@@H](O)[C@H](C)O1. The molecule has 0 bridgehead atoms. The number of carbonyl (C=O) groups is 2. The topological polar surface area (TPSA) is 144 Å². The fourth-order valence-corrected chi connectivity index (χ4v) is 8.17. The number of Topliss-reactive ketones (excluding diaryl/α,β-unsaturated/α-hetero) is 1. The minimum atomic E-state index is -1.81. The molecule has 3 N–H and O–H groups in total. The Morgan fingerprint density at radius 2 is 1.67 bits per heavy atom. The smallest absolute Gasteiger partial charge is 0.309 e. The average molecular weight is 702 g/mol. The van der Waals surface area contributed by atoms with Crippen molar-refractivity contribution in [3.8, 4) is 0 Å². The number of rotatable bonds is 7. The molecule has 0 radical (unpaired) electrons. The molecule has 0 amide bonds. The summed E-state index contributed by atoms with van der Waals surface area (Å²) < 4.78 is 46.2. The number of nitrogens with zero attached hydrogens (tertiary/aromatic N) is 1. The van der Waals surface area contributed by atoms with Gasteiger partial charge in [0.2, 0.25) is 0 Å². The van der Waals surface area contributed by atoms with E-state index in [4.69, 9.17) is 23.7 Å². The molecule has 0 saturated carbocycles. The minimum Gasteiger partial charge on any atom is -0.462 e. The van der Waals surface area contributed by atoms with Gasteiger partial charge in [0.15, 0.2) is 18.2 Å². The van der Waals surface area contributed by atoms with Crippen LogP contribution >= 0.6 is 0 Å². The predicted molar refractivity (Wildman–Crippen MR) is 182 cm³/mol. The Bertz CT molecular complexity index is 1140. The lowest BCUT2D eigenvalue weighted by molar-refractivity contribution is -0.282. The Hall–Kier alpha value is -1.51. The predicted octanol–water partition coefficient (Wildman–Crippen LogP) is 3.99. The van der Waals surface area contributed by atoms with Crippen LogP contribution in [0.1, 0.15) is 93.9 Å². The van der Waals surface area contributed by atoms with Gasteiger partial charge in [0, 0.05) is 25.5 Å². The molecule has 3 rings (SSSR count). The molecular weight excluding hydrogens is 637 g/mol. The lowest BCUT2D eigenvalue weighted by Gasteiger charge is -2.47. The summed E-state index contributed by atoms with van der Waals surface area (Å²) in [7, 11) is 5.24. The van der Waals surface area contributed by atoms with Crippen LogP contribution in [0.5, 0.6) is 0 Å². The van der Waals surface area contributed by atoms with E-state index in [9.17, 15) is 24.9 Å². The van der Waals surface area contributed by atoms with Crippen molar-refractivity contribution >= 4 is 11.8 Å². The van der Waals surface area contributed by atoms with E-state index in [1.165, 1.54) is 14.0 Å². The van der Waals surface area contributed by atoms with Gasteiger partial charge in [0.1, 0.15) is 24.4 Å². The van der Waals surface area contributed by atoms with Crippen LogP contribution in [0, 0.1) is 23.7 Å². The molecule has 12 heteroatoms. The molecule has 0 aromatic rings. The van der Waals surface area contributed by atoms with Crippen molar-refractivity contribution in [3.05, 3.63) is 12.2 Å². The number of hydrogen-bond donors (Lipinski definition) is 3. The first-order chi connectivity index (χ1) is 22.7. The van der Waals surface area contributed by atoms with Gasteiger partial charge in [0.25, 0.3) is 0 Å². The molecule has 0 aromatic carbocycles.